The highest BCUT2D eigenvalue weighted by Gasteiger charge is 2.27. The zero-order valence-electron chi connectivity index (χ0n) is 15.0. The van der Waals surface area contributed by atoms with Crippen molar-refractivity contribution in [3.8, 4) is 5.75 Å². The molecule has 8 heteroatoms. The third-order valence-electron chi connectivity index (χ3n) is 3.91. The Bertz CT molecular complexity index is 908. The smallest absolute Gasteiger partial charge is 0.338 e. The minimum absolute atomic E-state index is 0.0362. The van der Waals surface area contributed by atoms with Crippen LogP contribution in [0.1, 0.15) is 28.4 Å². The van der Waals surface area contributed by atoms with Crippen molar-refractivity contribution in [1.82, 2.24) is 3.71 Å². The monoisotopic (exact) mass is 395 g/mol. The Hall–Kier alpha value is -2.03. The van der Waals surface area contributed by atoms with Gasteiger partial charge in [0.2, 0.25) is 0 Å². The van der Waals surface area contributed by atoms with Crippen LogP contribution >= 0.6 is 11.9 Å². The van der Waals surface area contributed by atoms with Crippen LogP contribution in [-0.4, -0.2) is 36.9 Å². The molecule has 0 spiro atoms. The van der Waals surface area contributed by atoms with Gasteiger partial charge in [-0.15, -0.1) is 3.71 Å². The molecule has 0 atom stereocenters. The maximum atomic E-state index is 13.1. The number of ether oxygens (including phenoxy) is 1. The summed E-state index contributed by atoms with van der Waals surface area (Å²) < 4.78 is 32.1. The van der Waals surface area contributed by atoms with Gasteiger partial charge in [0, 0.05) is 11.4 Å². The molecule has 140 valence electrons. The average molecular weight is 396 g/mol. The highest BCUT2D eigenvalue weighted by Crippen LogP contribution is 2.31. The number of benzene rings is 2. The van der Waals surface area contributed by atoms with Crippen LogP contribution in [0.3, 0.4) is 0 Å². The number of phenols is 1. The van der Waals surface area contributed by atoms with E-state index in [0.717, 1.165) is 11.9 Å². The van der Waals surface area contributed by atoms with Gasteiger partial charge in [0.1, 0.15) is 5.75 Å². The summed E-state index contributed by atoms with van der Waals surface area (Å²) in [6.07, 6.45) is 0. The van der Waals surface area contributed by atoms with Crippen LogP contribution in [0.2, 0.25) is 0 Å². The van der Waals surface area contributed by atoms with Crippen molar-refractivity contribution >= 4 is 27.9 Å². The van der Waals surface area contributed by atoms with E-state index in [9.17, 15) is 18.3 Å². The summed E-state index contributed by atoms with van der Waals surface area (Å²) >= 11 is 1.05. The van der Waals surface area contributed by atoms with Crippen molar-refractivity contribution in [2.75, 3.05) is 13.7 Å². The van der Waals surface area contributed by atoms with E-state index in [-0.39, 0.29) is 22.8 Å². The predicted molar refractivity (Wildman–Crippen MR) is 101 cm³/mol. The van der Waals surface area contributed by atoms with E-state index in [1.165, 1.54) is 29.0 Å². The van der Waals surface area contributed by atoms with Crippen molar-refractivity contribution < 1.29 is 23.1 Å². The molecule has 0 bridgehead atoms. The van der Waals surface area contributed by atoms with Gasteiger partial charge in [0.25, 0.3) is 10.0 Å². The lowest BCUT2D eigenvalue weighted by Gasteiger charge is -2.20. The maximum absolute atomic E-state index is 13.1. The number of methoxy groups -OCH3 is 1. The first kappa shape index (κ1) is 20.3. The number of carbonyl (C=O) groups excluding carboxylic acids is 1. The van der Waals surface area contributed by atoms with E-state index < -0.39 is 16.0 Å². The largest absolute Gasteiger partial charge is 0.508 e. The number of hydrogen-bond donors (Lipinski definition) is 1. The Morgan fingerprint density at radius 1 is 1.19 bits per heavy atom. The molecule has 2 rings (SSSR count). The molecule has 0 aliphatic carbocycles. The fraction of sp³-hybridized carbons (Fsp3) is 0.278. The lowest BCUT2D eigenvalue weighted by atomic mass is 10.0. The van der Waals surface area contributed by atoms with Gasteiger partial charge in [-0.3, -0.25) is 0 Å². The van der Waals surface area contributed by atoms with Gasteiger partial charge in [-0.2, -0.15) is 0 Å². The van der Waals surface area contributed by atoms with E-state index >= 15 is 0 Å². The Kier molecular flexibility index (Phi) is 6.33. The van der Waals surface area contributed by atoms with Crippen molar-refractivity contribution in [2.24, 2.45) is 0 Å². The molecule has 0 fully saturated rings. The van der Waals surface area contributed by atoms with Crippen LogP contribution in [0.4, 0.5) is 0 Å². The first-order chi connectivity index (χ1) is 12.2. The van der Waals surface area contributed by atoms with Gasteiger partial charge in [-0.1, -0.05) is 6.92 Å². The summed E-state index contributed by atoms with van der Waals surface area (Å²) in [4.78, 5) is 12.7. The molecular formula is C18H21NO5S2. The second kappa shape index (κ2) is 8.11. The van der Waals surface area contributed by atoms with Gasteiger partial charge < -0.3 is 9.84 Å². The third kappa shape index (κ3) is 4.20. The van der Waals surface area contributed by atoms with Crippen molar-refractivity contribution in [1.29, 1.82) is 0 Å². The summed E-state index contributed by atoms with van der Waals surface area (Å²) in [6, 6.07) is 9.17. The summed E-state index contributed by atoms with van der Waals surface area (Å²) in [5.74, 6) is -0.464. The van der Waals surface area contributed by atoms with Crippen LogP contribution in [-0.2, 0) is 14.8 Å². The standard InChI is InChI=1S/C18H21NO5S2/c1-5-19(25-15-8-6-14(20)7-9-15)26(22,23)16-10-12(2)13(3)17(11-16)18(21)24-4/h6-11,20H,5H2,1-4H3. The van der Waals surface area contributed by atoms with Crippen molar-refractivity contribution in [2.45, 2.75) is 30.6 Å². The maximum Gasteiger partial charge on any atom is 0.338 e. The van der Waals surface area contributed by atoms with Crippen molar-refractivity contribution in [3.63, 3.8) is 0 Å². The number of carbonyl (C=O) groups is 1. The number of aryl methyl sites for hydroxylation is 1. The lowest BCUT2D eigenvalue weighted by Crippen LogP contribution is -2.25. The average Bonchev–Trinajstić information content (AvgIpc) is 2.62. The van der Waals surface area contributed by atoms with E-state index in [1.807, 2.05) is 0 Å². The molecule has 0 amide bonds. The van der Waals surface area contributed by atoms with Gasteiger partial charge in [0.15, 0.2) is 0 Å². The van der Waals surface area contributed by atoms with Crippen LogP contribution in [0, 0.1) is 13.8 Å². The fourth-order valence-corrected chi connectivity index (χ4v) is 5.02. The minimum atomic E-state index is -3.84. The molecule has 26 heavy (non-hydrogen) atoms. The van der Waals surface area contributed by atoms with Gasteiger partial charge in [0.05, 0.1) is 17.6 Å². The number of aromatic hydroxyl groups is 1. The zero-order chi connectivity index (χ0) is 19.5. The summed E-state index contributed by atoms with van der Waals surface area (Å²) in [5.41, 5.74) is 1.61. The predicted octanol–water partition coefficient (Wildman–Crippen LogP) is 3.51. The first-order valence-electron chi connectivity index (χ1n) is 7.90. The topological polar surface area (TPSA) is 83.9 Å². The van der Waals surface area contributed by atoms with Crippen molar-refractivity contribution in [3.05, 3.63) is 53.1 Å². The number of hydrogen-bond acceptors (Lipinski definition) is 6. The second-order valence-electron chi connectivity index (χ2n) is 5.61. The molecule has 0 heterocycles. The zero-order valence-corrected chi connectivity index (χ0v) is 16.6. The van der Waals surface area contributed by atoms with E-state index in [4.69, 9.17) is 4.74 Å². The molecule has 0 saturated heterocycles. The number of phenolic OH excluding ortho intramolecular Hbond substituents is 1. The quantitative estimate of drug-likeness (QED) is 0.595. The molecule has 6 nitrogen and oxygen atoms in total. The normalized spacial score (nSPS) is 11.6. The highest BCUT2D eigenvalue weighted by molar-refractivity contribution is 8.08. The summed E-state index contributed by atoms with van der Waals surface area (Å²) in [6.45, 7) is 5.46. The van der Waals surface area contributed by atoms with Gasteiger partial charge in [-0.05, 0) is 73.3 Å². The Balaban J connectivity index is 2.45. The van der Waals surface area contributed by atoms with E-state index in [2.05, 4.69) is 0 Å². The molecule has 2 aromatic carbocycles. The third-order valence-corrected chi connectivity index (χ3v) is 7.30. The number of nitrogens with zero attached hydrogens (tertiary/aromatic N) is 1. The van der Waals surface area contributed by atoms with Crippen LogP contribution in [0.25, 0.3) is 0 Å². The number of esters is 1. The van der Waals surface area contributed by atoms with Crippen LogP contribution in [0.5, 0.6) is 5.75 Å². The molecule has 0 aliphatic heterocycles. The summed E-state index contributed by atoms with van der Waals surface area (Å²) in [5, 5.41) is 9.36. The molecule has 0 aliphatic rings. The Morgan fingerprint density at radius 2 is 1.81 bits per heavy atom. The van der Waals surface area contributed by atoms with Gasteiger partial charge in [-0.25, -0.2) is 13.2 Å². The van der Waals surface area contributed by atoms with E-state index in [0.29, 0.717) is 16.0 Å². The second-order valence-corrected chi connectivity index (χ2v) is 8.80. The number of sulfonamides is 1. The molecule has 1 N–H and O–H groups in total. The Morgan fingerprint density at radius 3 is 2.35 bits per heavy atom. The van der Waals surface area contributed by atoms with Crippen LogP contribution < -0.4 is 0 Å². The fourth-order valence-electron chi connectivity index (χ4n) is 2.32. The minimum Gasteiger partial charge on any atom is -0.508 e. The molecule has 0 radical (unpaired) electrons. The number of rotatable bonds is 6. The molecular weight excluding hydrogens is 374 g/mol. The lowest BCUT2D eigenvalue weighted by molar-refractivity contribution is 0.0599. The van der Waals surface area contributed by atoms with E-state index in [1.54, 1.807) is 39.0 Å². The first-order valence-corrected chi connectivity index (χ1v) is 10.1. The molecule has 0 aromatic heterocycles. The SMILES string of the molecule is CCN(Sc1ccc(O)cc1)S(=O)(=O)c1cc(C)c(C)c(C(=O)OC)c1. The van der Waals surface area contributed by atoms with Crippen LogP contribution in [0.15, 0.2) is 46.2 Å². The molecule has 2 aromatic rings. The Labute approximate surface area is 158 Å². The molecule has 0 saturated carbocycles. The molecule has 0 unspecified atom stereocenters. The highest BCUT2D eigenvalue weighted by atomic mass is 32.3. The van der Waals surface area contributed by atoms with Gasteiger partial charge >= 0.3 is 5.97 Å². The summed E-state index contributed by atoms with van der Waals surface area (Å²) in [7, 11) is -2.58.